The number of nitrogens with zero attached hydrogens (tertiary/aromatic N) is 6. The summed E-state index contributed by atoms with van der Waals surface area (Å²) in [5, 5.41) is 0.904. The van der Waals surface area contributed by atoms with Crippen molar-refractivity contribution in [3.63, 3.8) is 0 Å². The Labute approximate surface area is 250 Å². The lowest BCUT2D eigenvalue weighted by molar-refractivity contribution is -0.126. The molecular formula is C31H32BClN6O3. The third-order valence-electron chi connectivity index (χ3n) is 7.67. The van der Waals surface area contributed by atoms with Gasteiger partial charge >= 0.3 is 5.69 Å². The van der Waals surface area contributed by atoms with E-state index >= 15 is 0 Å². The van der Waals surface area contributed by atoms with Crippen molar-refractivity contribution in [1.29, 1.82) is 0 Å². The van der Waals surface area contributed by atoms with Gasteiger partial charge in [0, 0.05) is 43.0 Å². The smallest absolute Gasteiger partial charge is 0.350 e. The third kappa shape index (κ3) is 5.11. The highest BCUT2D eigenvalue weighted by atomic mass is 35.5. The molecule has 1 aliphatic rings. The number of rotatable bonds is 6. The number of aryl methyl sites for hydroxylation is 1. The maximum absolute atomic E-state index is 14.1. The van der Waals surface area contributed by atoms with Gasteiger partial charge in [-0.15, -0.1) is 0 Å². The molecule has 4 heterocycles. The minimum absolute atomic E-state index is 0.0160. The zero-order chi connectivity index (χ0) is 30.3. The summed E-state index contributed by atoms with van der Waals surface area (Å²) in [6.45, 7) is 12.9. The van der Waals surface area contributed by atoms with Crippen molar-refractivity contribution >= 4 is 47.9 Å². The minimum atomic E-state index is -0.507. The normalized spacial score (nSPS) is 15.3. The van der Waals surface area contributed by atoms with Crippen molar-refractivity contribution in [2.75, 3.05) is 24.5 Å². The second kappa shape index (κ2) is 11.5. The quantitative estimate of drug-likeness (QED) is 0.251. The molecule has 0 radical (unpaired) electrons. The van der Waals surface area contributed by atoms with Crippen LogP contribution in [-0.4, -0.2) is 69.5 Å². The molecule has 9 nitrogen and oxygen atoms in total. The molecule has 214 valence electrons. The molecule has 5 rings (SSSR count). The van der Waals surface area contributed by atoms with Crippen LogP contribution in [0.4, 0.5) is 5.82 Å². The molecule has 1 atom stereocenters. The van der Waals surface area contributed by atoms with Crippen molar-refractivity contribution < 1.29 is 9.59 Å². The van der Waals surface area contributed by atoms with Crippen LogP contribution in [0, 0.1) is 6.92 Å². The molecule has 1 aliphatic heterocycles. The average Bonchev–Trinajstić information content (AvgIpc) is 2.96. The van der Waals surface area contributed by atoms with Gasteiger partial charge in [0.25, 0.3) is 0 Å². The van der Waals surface area contributed by atoms with E-state index in [0.717, 1.165) is 11.3 Å². The van der Waals surface area contributed by atoms with E-state index in [1.54, 1.807) is 35.4 Å². The molecule has 3 aromatic heterocycles. The standard InChI is InChI=1S/C31H32BClN6O3/c1-6-24(40)37-13-14-38(19(5)16-37)29-22-15-23(33)26(20-9-7-8-10-21(20)28(32)41)35-30(22)39(31(42)36-29)27-18(4)11-12-34-25(27)17(2)3/h6-12,15,17,19H,1,13-14,16,32H2,2-5H3/t19-/m0/s1. The number of aromatic nitrogens is 4. The first-order valence-electron chi connectivity index (χ1n) is 13.9. The molecule has 1 amide bonds. The van der Waals surface area contributed by atoms with Crippen molar-refractivity contribution in [1.82, 2.24) is 24.4 Å². The van der Waals surface area contributed by atoms with Crippen LogP contribution in [0.1, 0.15) is 48.3 Å². The number of benzene rings is 1. The van der Waals surface area contributed by atoms with Gasteiger partial charge in [0.1, 0.15) is 11.5 Å². The molecule has 11 heteroatoms. The lowest BCUT2D eigenvalue weighted by Crippen LogP contribution is -2.54. The van der Waals surface area contributed by atoms with Crippen molar-refractivity contribution in [3.8, 4) is 16.9 Å². The first-order valence-corrected chi connectivity index (χ1v) is 14.3. The second-order valence-electron chi connectivity index (χ2n) is 10.9. The fraction of sp³-hybridized carbons (Fsp3) is 0.290. The molecule has 42 heavy (non-hydrogen) atoms. The fourth-order valence-corrected chi connectivity index (χ4v) is 5.85. The number of halogens is 1. The van der Waals surface area contributed by atoms with Gasteiger partial charge in [0.05, 0.1) is 27.5 Å². The lowest BCUT2D eigenvalue weighted by Gasteiger charge is -2.40. The van der Waals surface area contributed by atoms with Crippen molar-refractivity contribution in [2.45, 2.75) is 39.7 Å². The number of anilines is 1. The van der Waals surface area contributed by atoms with E-state index in [2.05, 4.69) is 16.5 Å². The predicted octanol–water partition coefficient (Wildman–Crippen LogP) is 3.92. The monoisotopic (exact) mass is 582 g/mol. The third-order valence-corrected chi connectivity index (χ3v) is 7.96. The Balaban J connectivity index is 1.83. The van der Waals surface area contributed by atoms with E-state index in [-0.39, 0.29) is 23.5 Å². The summed E-state index contributed by atoms with van der Waals surface area (Å²) in [7, 11) is 1.50. The summed E-state index contributed by atoms with van der Waals surface area (Å²) >= 11 is 6.91. The van der Waals surface area contributed by atoms with E-state index in [1.807, 2.05) is 44.7 Å². The van der Waals surface area contributed by atoms with Gasteiger partial charge < -0.3 is 14.6 Å². The van der Waals surface area contributed by atoms with Crippen LogP contribution in [0.15, 0.2) is 60.0 Å². The van der Waals surface area contributed by atoms with Crippen LogP contribution in [0.25, 0.3) is 28.0 Å². The SMILES string of the molecule is BC(=O)c1ccccc1-c1nc2c(cc1Cl)c(N1CCN(C(=O)C=C)C[C@@H]1C)nc(=O)n2-c1c(C)ccnc1C(C)C. The topological polar surface area (TPSA) is 101 Å². The molecule has 0 aliphatic carbocycles. The number of carbonyl (C=O) groups is 2. The Bertz CT molecular complexity index is 1800. The number of hydrogen-bond donors (Lipinski definition) is 0. The Morgan fingerprint density at radius 1 is 1.17 bits per heavy atom. The molecular weight excluding hydrogens is 551 g/mol. The first-order chi connectivity index (χ1) is 20.0. The van der Waals surface area contributed by atoms with E-state index in [9.17, 15) is 14.4 Å². The van der Waals surface area contributed by atoms with Gasteiger partial charge in [0.15, 0.2) is 13.5 Å². The molecule has 0 bridgehead atoms. The minimum Gasteiger partial charge on any atom is -0.350 e. The Hall–Kier alpha value is -4.31. The summed E-state index contributed by atoms with van der Waals surface area (Å²) in [6.07, 6.45) is 3.04. The summed E-state index contributed by atoms with van der Waals surface area (Å²) in [5.74, 6) is 0.321. The Morgan fingerprint density at radius 3 is 2.57 bits per heavy atom. The van der Waals surface area contributed by atoms with E-state index < -0.39 is 5.69 Å². The predicted molar refractivity (Wildman–Crippen MR) is 169 cm³/mol. The second-order valence-corrected chi connectivity index (χ2v) is 11.3. The summed E-state index contributed by atoms with van der Waals surface area (Å²) in [5.41, 5.74) is 3.38. The summed E-state index contributed by atoms with van der Waals surface area (Å²) in [6, 6.07) is 10.6. The van der Waals surface area contributed by atoms with Crippen LogP contribution in [-0.2, 0) is 4.79 Å². The zero-order valence-electron chi connectivity index (χ0n) is 24.4. The number of pyridine rings is 2. The van der Waals surface area contributed by atoms with Crippen LogP contribution in [0.5, 0.6) is 0 Å². The Kier molecular flexibility index (Phi) is 8.01. The van der Waals surface area contributed by atoms with Gasteiger partial charge in [0.2, 0.25) is 5.91 Å². The molecule has 1 saturated heterocycles. The van der Waals surface area contributed by atoms with E-state index in [0.29, 0.717) is 64.0 Å². The van der Waals surface area contributed by atoms with Gasteiger partial charge in [-0.2, -0.15) is 4.98 Å². The molecule has 0 saturated carbocycles. The summed E-state index contributed by atoms with van der Waals surface area (Å²) in [4.78, 5) is 56.8. The van der Waals surface area contributed by atoms with E-state index in [4.69, 9.17) is 16.6 Å². The van der Waals surface area contributed by atoms with Gasteiger partial charge in [-0.05, 0) is 43.5 Å². The van der Waals surface area contributed by atoms with Crippen LogP contribution >= 0.6 is 11.6 Å². The molecule has 0 spiro atoms. The Morgan fingerprint density at radius 2 is 1.90 bits per heavy atom. The number of hydrogen-bond acceptors (Lipinski definition) is 7. The molecule has 4 aromatic rings. The number of carbonyl (C=O) groups excluding carboxylic acids is 2. The first kappa shape index (κ1) is 29.2. The van der Waals surface area contributed by atoms with Crippen molar-refractivity contribution in [3.05, 3.63) is 87.6 Å². The van der Waals surface area contributed by atoms with Gasteiger partial charge in [-0.25, -0.2) is 14.3 Å². The maximum Gasteiger partial charge on any atom is 0.355 e. The molecule has 1 fully saturated rings. The van der Waals surface area contributed by atoms with Gasteiger partial charge in [-0.3, -0.25) is 9.78 Å². The van der Waals surface area contributed by atoms with Crippen LogP contribution in [0.3, 0.4) is 0 Å². The highest BCUT2D eigenvalue weighted by molar-refractivity contribution is 6.63. The zero-order valence-corrected chi connectivity index (χ0v) is 25.1. The molecule has 0 unspecified atom stereocenters. The maximum atomic E-state index is 14.1. The highest BCUT2D eigenvalue weighted by Crippen LogP contribution is 2.36. The van der Waals surface area contributed by atoms with Crippen molar-refractivity contribution in [2.24, 2.45) is 0 Å². The van der Waals surface area contributed by atoms with Crippen LogP contribution in [0.2, 0.25) is 5.02 Å². The molecule has 0 N–H and O–H groups in total. The van der Waals surface area contributed by atoms with Crippen LogP contribution < -0.4 is 10.6 Å². The number of fused-ring (bicyclic) bond motifs is 1. The fourth-order valence-electron chi connectivity index (χ4n) is 5.60. The largest absolute Gasteiger partial charge is 0.355 e. The van der Waals surface area contributed by atoms with Gasteiger partial charge in [-0.1, -0.05) is 56.3 Å². The van der Waals surface area contributed by atoms with E-state index in [1.165, 1.54) is 18.5 Å². The number of piperazine rings is 1. The highest BCUT2D eigenvalue weighted by Gasteiger charge is 2.30. The molecule has 1 aromatic carbocycles. The lowest BCUT2D eigenvalue weighted by atomic mass is 9.90. The summed E-state index contributed by atoms with van der Waals surface area (Å²) < 4.78 is 1.51. The average molecular weight is 583 g/mol. The number of amides is 1.